The van der Waals surface area contributed by atoms with E-state index in [-0.39, 0.29) is 17.6 Å². The number of aliphatic hydroxyl groups excluding tert-OH is 1. The van der Waals surface area contributed by atoms with E-state index in [4.69, 9.17) is 9.84 Å². The van der Waals surface area contributed by atoms with E-state index in [9.17, 15) is 0 Å². The van der Waals surface area contributed by atoms with E-state index in [1.54, 1.807) is 0 Å². The first-order chi connectivity index (χ1) is 6.02. The topological polar surface area (TPSA) is 29.5 Å². The third kappa shape index (κ3) is 2.23. The van der Waals surface area contributed by atoms with Gasteiger partial charge in [-0.05, 0) is 18.3 Å². The Morgan fingerprint density at radius 3 is 2.15 bits per heavy atom. The smallest absolute Gasteiger partial charge is 0.0731 e. The second-order valence-corrected chi connectivity index (χ2v) is 5.02. The highest BCUT2D eigenvalue weighted by Gasteiger charge is 2.44. The number of rotatable bonds is 3. The van der Waals surface area contributed by atoms with Crippen LogP contribution in [0.3, 0.4) is 0 Å². The van der Waals surface area contributed by atoms with Crippen LogP contribution in [0.4, 0.5) is 0 Å². The summed E-state index contributed by atoms with van der Waals surface area (Å²) in [4.78, 5) is 0. The molecule has 0 aromatic rings. The van der Waals surface area contributed by atoms with Crippen molar-refractivity contribution in [1.29, 1.82) is 0 Å². The molecule has 0 bridgehead atoms. The fourth-order valence-electron chi connectivity index (χ4n) is 2.30. The molecule has 1 saturated carbocycles. The van der Waals surface area contributed by atoms with Crippen molar-refractivity contribution >= 4 is 0 Å². The molecule has 1 N–H and O–H groups in total. The first-order valence-electron chi connectivity index (χ1n) is 5.27. The highest BCUT2D eigenvalue weighted by molar-refractivity contribution is 4.96. The van der Waals surface area contributed by atoms with Gasteiger partial charge in [0.1, 0.15) is 0 Å². The maximum absolute atomic E-state index is 8.78. The first-order valence-corrected chi connectivity index (χ1v) is 5.27. The SMILES string of the molecule is CC(C)(C)C1(OCCO)CCCC1. The van der Waals surface area contributed by atoms with Crippen molar-refractivity contribution in [2.45, 2.75) is 52.1 Å². The van der Waals surface area contributed by atoms with Crippen LogP contribution in [-0.4, -0.2) is 23.9 Å². The van der Waals surface area contributed by atoms with Crippen molar-refractivity contribution in [2.24, 2.45) is 5.41 Å². The molecule has 1 fully saturated rings. The van der Waals surface area contributed by atoms with E-state index >= 15 is 0 Å². The van der Waals surface area contributed by atoms with Crippen LogP contribution in [0.1, 0.15) is 46.5 Å². The van der Waals surface area contributed by atoms with Crippen LogP contribution in [0.25, 0.3) is 0 Å². The van der Waals surface area contributed by atoms with Crippen LogP contribution in [0.2, 0.25) is 0 Å². The molecule has 0 aromatic heterocycles. The van der Waals surface area contributed by atoms with Crippen LogP contribution in [0, 0.1) is 5.41 Å². The van der Waals surface area contributed by atoms with Gasteiger partial charge in [-0.15, -0.1) is 0 Å². The van der Waals surface area contributed by atoms with Gasteiger partial charge in [-0.2, -0.15) is 0 Å². The van der Waals surface area contributed by atoms with Gasteiger partial charge in [0.15, 0.2) is 0 Å². The Morgan fingerprint density at radius 1 is 1.23 bits per heavy atom. The molecule has 1 rings (SSSR count). The minimum absolute atomic E-state index is 0.0235. The van der Waals surface area contributed by atoms with E-state index in [1.807, 2.05) is 0 Å². The number of hydrogen-bond acceptors (Lipinski definition) is 2. The molecule has 2 nitrogen and oxygen atoms in total. The molecule has 2 heteroatoms. The highest BCUT2D eigenvalue weighted by atomic mass is 16.5. The summed E-state index contributed by atoms with van der Waals surface area (Å²) in [6.45, 7) is 7.32. The van der Waals surface area contributed by atoms with E-state index in [0.29, 0.717) is 6.61 Å². The lowest BCUT2D eigenvalue weighted by molar-refractivity contribution is -0.119. The molecule has 78 valence electrons. The summed E-state index contributed by atoms with van der Waals surface area (Å²) < 4.78 is 5.85. The second kappa shape index (κ2) is 3.97. The lowest BCUT2D eigenvalue weighted by Gasteiger charge is -2.41. The van der Waals surface area contributed by atoms with Crippen molar-refractivity contribution in [3.63, 3.8) is 0 Å². The molecular weight excluding hydrogens is 164 g/mol. The summed E-state index contributed by atoms with van der Waals surface area (Å²) in [5.41, 5.74) is 0.217. The molecule has 0 spiro atoms. The van der Waals surface area contributed by atoms with Gasteiger partial charge in [0.25, 0.3) is 0 Å². The van der Waals surface area contributed by atoms with Gasteiger partial charge in [0.2, 0.25) is 0 Å². The number of hydrogen-bond donors (Lipinski definition) is 1. The monoisotopic (exact) mass is 186 g/mol. The molecule has 0 atom stereocenters. The molecule has 1 aliphatic carbocycles. The largest absolute Gasteiger partial charge is 0.394 e. The van der Waals surface area contributed by atoms with Gasteiger partial charge in [0, 0.05) is 0 Å². The highest BCUT2D eigenvalue weighted by Crippen LogP contribution is 2.46. The fourth-order valence-corrected chi connectivity index (χ4v) is 2.30. The molecule has 0 amide bonds. The van der Waals surface area contributed by atoms with Crippen LogP contribution in [0.5, 0.6) is 0 Å². The van der Waals surface area contributed by atoms with Crippen LogP contribution < -0.4 is 0 Å². The van der Waals surface area contributed by atoms with E-state index in [1.165, 1.54) is 12.8 Å². The lowest BCUT2D eigenvalue weighted by Crippen LogP contribution is -2.43. The van der Waals surface area contributed by atoms with Crippen molar-refractivity contribution in [3.05, 3.63) is 0 Å². The molecule has 0 heterocycles. The van der Waals surface area contributed by atoms with Crippen molar-refractivity contribution in [2.75, 3.05) is 13.2 Å². The van der Waals surface area contributed by atoms with Crippen molar-refractivity contribution in [3.8, 4) is 0 Å². The number of ether oxygens (including phenoxy) is 1. The summed E-state index contributed by atoms with van der Waals surface area (Å²) in [6.07, 6.45) is 4.83. The van der Waals surface area contributed by atoms with E-state index in [2.05, 4.69) is 20.8 Å². The second-order valence-electron chi connectivity index (χ2n) is 5.02. The lowest BCUT2D eigenvalue weighted by atomic mass is 9.75. The van der Waals surface area contributed by atoms with Crippen molar-refractivity contribution < 1.29 is 9.84 Å². The van der Waals surface area contributed by atoms with Crippen LogP contribution >= 0.6 is 0 Å². The fraction of sp³-hybridized carbons (Fsp3) is 1.00. The zero-order valence-corrected chi connectivity index (χ0v) is 9.10. The summed E-state index contributed by atoms with van der Waals surface area (Å²) in [6, 6.07) is 0. The van der Waals surface area contributed by atoms with Gasteiger partial charge < -0.3 is 9.84 Å². The maximum Gasteiger partial charge on any atom is 0.0731 e. The van der Waals surface area contributed by atoms with E-state index in [0.717, 1.165) is 12.8 Å². The maximum atomic E-state index is 8.78. The standard InChI is InChI=1S/C11H22O2/c1-10(2,3)11(13-9-8-12)6-4-5-7-11/h12H,4-9H2,1-3H3. The van der Waals surface area contributed by atoms with E-state index < -0.39 is 0 Å². The van der Waals surface area contributed by atoms with Gasteiger partial charge in [-0.3, -0.25) is 0 Å². The zero-order chi connectivity index (χ0) is 9.95. The van der Waals surface area contributed by atoms with Gasteiger partial charge in [-0.25, -0.2) is 0 Å². The van der Waals surface area contributed by atoms with Crippen molar-refractivity contribution in [1.82, 2.24) is 0 Å². The average molecular weight is 186 g/mol. The summed E-state index contributed by atoms with van der Waals surface area (Å²) in [5.74, 6) is 0. The summed E-state index contributed by atoms with van der Waals surface area (Å²) >= 11 is 0. The molecule has 0 radical (unpaired) electrons. The average Bonchev–Trinajstić information content (AvgIpc) is 2.48. The Kier molecular flexibility index (Phi) is 3.36. The Bertz CT molecular complexity index is 152. The van der Waals surface area contributed by atoms with Crippen LogP contribution in [0.15, 0.2) is 0 Å². The summed E-state index contributed by atoms with van der Waals surface area (Å²) in [5, 5.41) is 8.78. The predicted molar refractivity (Wildman–Crippen MR) is 53.7 cm³/mol. The Hall–Kier alpha value is -0.0800. The quantitative estimate of drug-likeness (QED) is 0.733. The molecule has 1 aliphatic rings. The molecule has 0 aliphatic heterocycles. The molecular formula is C11H22O2. The third-order valence-electron chi connectivity index (χ3n) is 3.25. The summed E-state index contributed by atoms with van der Waals surface area (Å²) in [7, 11) is 0. The molecule has 0 saturated heterocycles. The first kappa shape index (κ1) is 11.0. The molecule has 0 unspecified atom stereocenters. The normalized spacial score (nSPS) is 22.2. The van der Waals surface area contributed by atoms with Gasteiger partial charge in [-0.1, -0.05) is 33.6 Å². The zero-order valence-electron chi connectivity index (χ0n) is 9.10. The van der Waals surface area contributed by atoms with Gasteiger partial charge >= 0.3 is 0 Å². The predicted octanol–water partition coefficient (Wildman–Crippen LogP) is 2.35. The minimum atomic E-state index is 0.0235. The van der Waals surface area contributed by atoms with Gasteiger partial charge in [0.05, 0.1) is 18.8 Å². The van der Waals surface area contributed by atoms with Crippen LogP contribution in [-0.2, 0) is 4.74 Å². The Morgan fingerprint density at radius 2 is 1.77 bits per heavy atom. The molecule has 0 aromatic carbocycles. The minimum Gasteiger partial charge on any atom is -0.394 e. The third-order valence-corrected chi connectivity index (χ3v) is 3.25. The molecule has 13 heavy (non-hydrogen) atoms. The Labute approximate surface area is 81.3 Å². The number of aliphatic hydroxyl groups is 1. The Balaban J connectivity index is 2.64.